The number of rotatable bonds is 5. The molecule has 1 unspecified atom stereocenters. The van der Waals surface area contributed by atoms with Gasteiger partial charge < -0.3 is 20.1 Å². The first-order valence-electron chi connectivity index (χ1n) is 7.60. The SMILES string of the molecule is O=C(NCCc1cccnc1)NCC1COc2ccccc2O1. The van der Waals surface area contributed by atoms with Crippen molar-refractivity contribution in [3.8, 4) is 11.5 Å². The van der Waals surface area contributed by atoms with Gasteiger partial charge in [-0.05, 0) is 30.2 Å². The van der Waals surface area contributed by atoms with Gasteiger partial charge in [0.05, 0.1) is 6.54 Å². The van der Waals surface area contributed by atoms with Gasteiger partial charge in [-0.2, -0.15) is 0 Å². The number of benzene rings is 1. The number of nitrogens with one attached hydrogen (secondary N) is 2. The van der Waals surface area contributed by atoms with Crippen molar-refractivity contribution in [1.82, 2.24) is 15.6 Å². The third-order valence-corrected chi connectivity index (χ3v) is 3.48. The van der Waals surface area contributed by atoms with E-state index in [0.29, 0.717) is 25.4 Å². The van der Waals surface area contributed by atoms with Crippen LogP contribution in [-0.4, -0.2) is 36.8 Å². The average Bonchev–Trinajstić information content (AvgIpc) is 2.61. The van der Waals surface area contributed by atoms with Crippen LogP contribution >= 0.6 is 0 Å². The first-order valence-corrected chi connectivity index (χ1v) is 7.60. The van der Waals surface area contributed by atoms with Gasteiger partial charge >= 0.3 is 6.03 Å². The summed E-state index contributed by atoms with van der Waals surface area (Å²) in [5.41, 5.74) is 1.09. The Morgan fingerprint density at radius 1 is 1.17 bits per heavy atom. The van der Waals surface area contributed by atoms with Gasteiger partial charge in [0.1, 0.15) is 6.61 Å². The molecule has 1 aliphatic rings. The molecule has 3 rings (SSSR count). The van der Waals surface area contributed by atoms with Gasteiger partial charge in [-0.3, -0.25) is 4.98 Å². The lowest BCUT2D eigenvalue weighted by Crippen LogP contribution is -2.44. The van der Waals surface area contributed by atoms with Crippen LogP contribution < -0.4 is 20.1 Å². The summed E-state index contributed by atoms with van der Waals surface area (Å²) in [6, 6.07) is 11.2. The van der Waals surface area contributed by atoms with Gasteiger partial charge in [0.15, 0.2) is 17.6 Å². The van der Waals surface area contributed by atoms with Gasteiger partial charge in [-0.25, -0.2) is 4.79 Å². The highest BCUT2D eigenvalue weighted by Crippen LogP contribution is 2.30. The number of nitrogens with zero attached hydrogens (tertiary/aromatic N) is 1. The fourth-order valence-corrected chi connectivity index (χ4v) is 2.30. The highest BCUT2D eigenvalue weighted by molar-refractivity contribution is 5.73. The van der Waals surface area contributed by atoms with Crippen LogP contribution in [0.3, 0.4) is 0 Å². The molecular formula is C17H19N3O3. The summed E-state index contributed by atoms with van der Waals surface area (Å²) in [5, 5.41) is 5.61. The summed E-state index contributed by atoms with van der Waals surface area (Å²) in [6.45, 7) is 1.38. The molecule has 2 amide bonds. The Kier molecular flexibility index (Phi) is 4.93. The summed E-state index contributed by atoms with van der Waals surface area (Å²) in [6.07, 6.45) is 4.09. The number of urea groups is 1. The number of carbonyl (C=O) groups is 1. The van der Waals surface area contributed by atoms with Crippen molar-refractivity contribution in [2.24, 2.45) is 0 Å². The van der Waals surface area contributed by atoms with Gasteiger partial charge in [0, 0.05) is 18.9 Å². The normalized spacial score (nSPS) is 15.7. The van der Waals surface area contributed by atoms with E-state index < -0.39 is 0 Å². The average molecular weight is 313 g/mol. The fourth-order valence-electron chi connectivity index (χ4n) is 2.30. The van der Waals surface area contributed by atoms with E-state index in [2.05, 4.69) is 15.6 Å². The molecule has 6 heteroatoms. The fraction of sp³-hybridized carbons (Fsp3) is 0.294. The molecular weight excluding hydrogens is 294 g/mol. The molecule has 6 nitrogen and oxygen atoms in total. The molecule has 0 radical (unpaired) electrons. The van der Waals surface area contributed by atoms with E-state index in [-0.39, 0.29) is 12.1 Å². The van der Waals surface area contributed by atoms with Crippen molar-refractivity contribution in [2.45, 2.75) is 12.5 Å². The Hall–Kier alpha value is -2.76. The number of hydrogen-bond donors (Lipinski definition) is 2. The van der Waals surface area contributed by atoms with Crippen LogP contribution in [0.1, 0.15) is 5.56 Å². The predicted molar refractivity (Wildman–Crippen MR) is 85.7 cm³/mol. The second-order valence-corrected chi connectivity index (χ2v) is 5.25. The molecule has 0 spiro atoms. The number of amides is 2. The highest BCUT2D eigenvalue weighted by atomic mass is 16.6. The first-order chi connectivity index (χ1) is 11.3. The van der Waals surface area contributed by atoms with Crippen LogP contribution in [0, 0.1) is 0 Å². The van der Waals surface area contributed by atoms with E-state index in [0.717, 1.165) is 17.7 Å². The maximum atomic E-state index is 11.8. The van der Waals surface area contributed by atoms with Crippen molar-refractivity contribution in [3.05, 3.63) is 54.4 Å². The Balaban J connectivity index is 1.37. The lowest BCUT2D eigenvalue weighted by molar-refractivity contribution is 0.0918. The third kappa shape index (κ3) is 4.35. The summed E-state index contributed by atoms with van der Waals surface area (Å²) < 4.78 is 11.4. The number of fused-ring (bicyclic) bond motifs is 1. The van der Waals surface area contributed by atoms with E-state index in [1.165, 1.54) is 0 Å². The van der Waals surface area contributed by atoms with E-state index >= 15 is 0 Å². The van der Waals surface area contributed by atoms with Crippen molar-refractivity contribution in [3.63, 3.8) is 0 Å². The number of carbonyl (C=O) groups excluding carboxylic acids is 1. The maximum Gasteiger partial charge on any atom is 0.314 e. The van der Waals surface area contributed by atoms with Crippen molar-refractivity contribution < 1.29 is 14.3 Å². The van der Waals surface area contributed by atoms with E-state index in [1.807, 2.05) is 36.4 Å². The van der Waals surface area contributed by atoms with Gasteiger partial charge in [0.25, 0.3) is 0 Å². The molecule has 0 saturated heterocycles. The molecule has 0 saturated carbocycles. The smallest absolute Gasteiger partial charge is 0.314 e. The Morgan fingerprint density at radius 2 is 2.04 bits per heavy atom. The standard InChI is InChI=1S/C17H19N3O3/c21-17(19-9-7-13-4-3-8-18-10-13)20-11-14-12-22-15-5-1-2-6-16(15)23-14/h1-6,8,10,14H,7,9,11-12H2,(H2,19,20,21). The quantitative estimate of drug-likeness (QED) is 0.882. The van der Waals surface area contributed by atoms with Crippen molar-refractivity contribution >= 4 is 6.03 Å². The second-order valence-electron chi connectivity index (χ2n) is 5.25. The van der Waals surface area contributed by atoms with E-state index in [9.17, 15) is 4.79 Å². The first kappa shape index (κ1) is 15.1. The van der Waals surface area contributed by atoms with Crippen LogP contribution in [0.4, 0.5) is 4.79 Å². The Bertz CT molecular complexity index is 649. The zero-order valence-electron chi connectivity index (χ0n) is 12.7. The number of aromatic nitrogens is 1. The number of ether oxygens (including phenoxy) is 2. The zero-order chi connectivity index (χ0) is 15.9. The van der Waals surface area contributed by atoms with Crippen molar-refractivity contribution in [2.75, 3.05) is 19.7 Å². The minimum atomic E-state index is -0.212. The lowest BCUT2D eigenvalue weighted by Gasteiger charge is -2.26. The van der Waals surface area contributed by atoms with Crippen LogP contribution in [0.5, 0.6) is 11.5 Å². The number of para-hydroxylation sites is 2. The maximum absolute atomic E-state index is 11.8. The summed E-state index contributed by atoms with van der Waals surface area (Å²) in [4.78, 5) is 15.8. The third-order valence-electron chi connectivity index (χ3n) is 3.48. The monoisotopic (exact) mass is 313 g/mol. The topological polar surface area (TPSA) is 72.5 Å². The molecule has 120 valence electrons. The Labute approximate surface area is 134 Å². The van der Waals surface area contributed by atoms with Crippen LogP contribution in [0.15, 0.2) is 48.8 Å². The molecule has 1 aromatic carbocycles. The Morgan fingerprint density at radius 3 is 2.87 bits per heavy atom. The minimum absolute atomic E-state index is 0.186. The van der Waals surface area contributed by atoms with Crippen LogP contribution in [0.25, 0.3) is 0 Å². The van der Waals surface area contributed by atoms with Crippen LogP contribution in [0.2, 0.25) is 0 Å². The molecule has 23 heavy (non-hydrogen) atoms. The number of hydrogen-bond acceptors (Lipinski definition) is 4. The molecule has 2 aromatic rings. The number of pyridine rings is 1. The van der Waals surface area contributed by atoms with Crippen molar-refractivity contribution in [1.29, 1.82) is 0 Å². The lowest BCUT2D eigenvalue weighted by atomic mass is 10.2. The van der Waals surface area contributed by atoms with Crippen LogP contribution in [-0.2, 0) is 6.42 Å². The van der Waals surface area contributed by atoms with Gasteiger partial charge in [-0.1, -0.05) is 18.2 Å². The molecule has 2 heterocycles. The molecule has 0 bridgehead atoms. The molecule has 1 aromatic heterocycles. The molecule has 1 aliphatic heterocycles. The summed E-state index contributed by atoms with van der Waals surface area (Å²) in [7, 11) is 0. The summed E-state index contributed by atoms with van der Waals surface area (Å²) >= 11 is 0. The molecule has 1 atom stereocenters. The zero-order valence-corrected chi connectivity index (χ0v) is 12.7. The van der Waals surface area contributed by atoms with E-state index in [1.54, 1.807) is 12.4 Å². The predicted octanol–water partition coefficient (Wildman–Crippen LogP) is 1.76. The highest BCUT2D eigenvalue weighted by Gasteiger charge is 2.20. The molecule has 0 fully saturated rings. The minimum Gasteiger partial charge on any atom is -0.486 e. The second kappa shape index (κ2) is 7.49. The summed E-state index contributed by atoms with van der Waals surface area (Å²) in [5.74, 6) is 1.45. The van der Waals surface area contributed by atoms with Gasteiger partial charge in [-0.15, -0.1) is 0 Å². The molecule has 2 N–H and O–H groups in total. The largest absolute Gasteiger partial charge is 0.486 e. The van der Waals surface area contributed by atoms with Gasteiger partial charge in [0.2, 0.25) is 0 Å². The molecule has 0 aliphatic carbocycles. The van der Waals surface area contributed by atoms with E-state index in [4.69, 9.17) is 9.47 Å².